The second-order valence-corrected chi connectivity index (χ2v) is 5.63. The number of rotatable bonds is 6. The largest absolute Gasteiger partial charge is 0.492 e. The van der Waals surface area contributed by atoms with Crippen LogP contribution in [0.5, 0.6) is 11.5 Å². The number of anilines is 2. The molecule has 0 saturated carbocycles. The maximum Gasteiger partial charge on any atom is 0.265 e. The molecule has 7 heteroatoms. The van der Waals surface area contributed by atoms with Crippen molar-refractivity contribution in [3.05, 3.63) is 48.5 Å². The van der Waals surface area contributed by atoms with Crippen LogP contribution < -0.4 is 19.7 Å². The molecule has 1 N–H and O–H groups in total. The summed E-state index contributed by atoms with van der Waals surface area (Å²) in [6, 6.07) is 14.5. The van der Waals surface area contributed by atoms with Crippen LogP contribution in [0.2, 0.25) is 0 Å². The number of halogens is 1. The normalized spacial score (nSPS) is 13.0. The number of hydrogen-bond acceptors (Lipinski definition) is 4. The van der Waals surface area contributed by atoms with Gasteiger partial charge in [-0.3, -0.25) is 9.59 Å². The number of hydrogen-bond donors (Lipinski definition) is 1. The predicted molar refractivity (Wildman–Crippen MR) is 95.6 cm³/mol. The van der Waals surface area contributed by atoms with E-state index in [9.17, 15) is 9.59 Å². The minimum absolute atomic E-state index is 0.0221. The van der Waals surface area contributed by atoms with Crippen molar-refractivity contribution in [2.24, 2.45) is 0 Å². The molecule has 1 aliphatic rings. The molecular weight excluding hydrogens is 344 g/mol. The van der Waals surface area contributed by atoms with Crippen LogP contribution in [0, 0.1) is 0 Å². The zero-order chi connectivity index (χ0) is 17.6. The molecule has 0 fully saturated rings. The summed E-state index contributed by atoms with van der Waals surface area (Å²) in [7, 11) is 0. The van der Waals surface area contributed by atoms with Crippen molar-refractivity contribution < 1.29 is 19.1 Å². The van der Waals surface area contributed by atoms with E-state index in [1.165, 1.54) is 0 Å². The van der Waals surface area contributed by atoms with Crippen molar-refractivity contribution in [3.8, 4) is 11.5 Å². The van der Waals surface area contributed by atoms with E-state index in [2.05, 4.69) is 5.32 Å². The summed E-state index contributed by atoms with van der Waals surface area (Å²) in [4.78, 5) is 25.3. The summed E-state index contributed by atoms with van der Waals surface area (Å²) in [5.74, 6) is 0.713. The lowest BCUT2D eigenvalue weighted by atomic mass is 10.2. The molecule has 0 radical (unpaired) electrons. The van der Waals surface area contributed by atoms with Crippen LogP contribution in [0.3, 0.4) is 0 Å². The predicted octanol–water partition coefficient (Wildman–Crippen LogP) is 2.67. The summed E-state index contributed by atoms with van der Waals surface area (Å²) in [6.45, 7) is 0.691. The zero-order valence-corrected chi connectivity index (χ0v) is 14.2. The maximum atomic E-state index is 12.2. The van der Waals surface area contributed by atoms with Gasteiger partial charge in [0, 0.05) is 5.69 Å². The van der Waals surface area contributed by atoms with Gasteiger partial charge in [-0.2, -0.15) is 0 Å². The molecule has 6 nitrogen and oxygen atoms in total. The number of amides is 2. The van der Waals surface area contributed by atoms with E-state index in [4.69, 9.17) is 21.1 Å². The Balaban J connectivity index is 1.72. The highest BCUT2D eigenvalue weighted by molar-refractivity contribution is 6.29. The number of nitrogens with zero attached hydrogens (tertiary/aromatic N) is 1. The number of benzene rings is 2. The van der Waals surface area contributed by atoms with E-state index >= 15 is 0 Å². The lowest BCUT2D eigenvalue weighted by molar-refractivity contribution is -0.121. The summed E-state index contributed by atoms with van der Waals surface area (Å²) in [6.07, 6.45) is 0. The standard InChI is InChI=1S/C18H17ClN2O4/c19-11-17(22)20-13-6-7-16-15(10-13)21(18(23)12-25-16)8-9-24-14-4-2-1-3-5-14/h1-7,10H,8-9,11-12H2,(H,20,22). The van der Waals surface area contributed by atoms with Gasteiger partial charge in [0.25, 0.3) is 5.91 Å². The van der Waals surface area contributed by atoms with Gasteiger partial charge >= 0.3 is 0 Å². The lowest BCUT2D eigenvalue weighted by Gasteiger charge is -2.29. The Labute approximate surface area is 150 Å². The monoisotopic (exact) mass is 360 g/mol. The van der Waals surface area contributed by atoms with Crippen LogP contribution >= 0.6 is 11.6 Å². The highest BCUT2D eigenvalue weighted by Crippen LogP contribution is 2.34. The van der Waals surface area contributed by atoms with Crippen LogP contribution in [-0.2, 0) is 9.59 Å². The van der Waals surface area contributed by atoms with Gasteiger partial charge in [0.1, 0.15) is 24.0 Å². The maximum absolute atomic E-state index is 12.2. The Morgan fingerprint density at radius 2 is 2.04 bits per heavy atom. The summed E-state index contributed by atoms with van der Waals surface area (Å²) >= 11 is 5.51. The van der Waals surface area contributed by atoms with Gasteiger partial charge in [0.05, 0.1) is 12.2 Å². The average molecular weight is 361 g/mol. The Morgan fingerprint density at radius 3 is 2.80 bits per heavy atom. The van der Waals surface area contributed by atoms with E-state index in [1.807, 2.05) is 30.3 Å². The first kappa shape index (κ1) is 17.1. The first-order valence-electron chi connectivity index (χ1n) is 7.78. The topological polar surface area (TPSA) is 67.9 Å². The first-order chi connectivity index (χ1) is 12.2. The number of nitrogens with one attached hydrogen (secondary N) is 1. The molecule has 25 heavy (non-hydrogen) atoms. The van der Waals surface area contributed by atoms with Gasteiger partial charge in [0.2, 0.25) is 5.91 Å². The highest BCUT2D eigenvalue weighted by Gasteiger charge is 2.25. The highest BCUT2D eigenvalue weighted by atomic mass is 35.5. The third-order valence-corrected chi connectivity index (χ3v) is 3.88. The minimum atomic E-state index is -0.316. The lowest BCUT2D eigenvalue weighted by Crippen LogP contribution is -2.41. The van der Waals surface area contributed by atoms with E-state index < -0.39 is 0 Å². The fourth-order valence-corrected chi connectivity index (χ4v) is 2.56. The van der Waals surface area contributed by atoms with E-state index in [1.54, 1.807) is 23.1 Å². The second-order valence-electron chi connectivity index (χ2n) is 5.36. The summed E-state index contributed by atoms with van der Waals surface area (Å²) in [5, 5.41) is 2.66. The second kappa shape index (κ2) is 7.90. The van der Waals surface area contributed by atoms with Crippen LogP contribution in [0.15, 0.2) is 48.5 Å². The van der Waals surface area contributed by atoms with Crippen LogP contribution in [0.25, 0.3) is 0 Å². The van der Waals surface area contributed by atoms with Crippen molar-refractivity contribution in [2.45, 2.75) is 0 Å². The number of fused-ring (bicyclic) bond motifs is 1. The Morgan fingerprint density at radius 1 is 1.24 bits per heavy atom. The van der Waals surface area contributed by atoms with E-state index in [-0.39, 0.29) is 24.3 Å². The van der Waals surface area contributed by atoms with Crippen molar-refractivity contribution in [1.82, 2.24) is 0 Å². The number of carbonyl (C=O) groups is 2. The molecule has 3 rings (SSSR count). The molecule has 1 aliphatic heterocycles. The SMILES string of the molecule is O=C(CCl)Nc1ccc2c(c1)N(CCOc1ccccc1)C(=O)CO2. The molecule has 0 aliphatic carbocycles. The quantitative estimate of drug-likeness (QED) is 0.804. The molecular formula is C18H17ClN2O4. The molecule has 1 heterocycles. The van der Waals surface area contributed by atoms with Crippen molar-refractivity contribution in [1.29, 1.82) is 0 Å². The number of carbonyl (C=O) groups excluding carboxylic acids is 2. The molecule has 2 aromatic rings. The molecule has 0 unspecified atom stereocenters. The Kier molecular flexibility index (Phi) is 5.40. The Hall–Kier alpha value is -2.73. The van der Waals surface area contributed by atoms with E-state index in [0.29, 0.717) is 30.3 Å². The molecule has 0 atom stereocenters. The fourth-order valence-electron chi connectivity index (χ4n) is 2.49. The summed E-state index contributed by atoms with van der Waals surface area (Å²) in [5.41, 5.74) is 1.15. The summed E-state index contributed by atoms with van der Waals surface area (Å²) < 4.78 is 11.1. The molecule has 0 aromatic heterocycles. The molecule has 2 amide bonds. The third-order valence-electron chi connectivity index (χ3n) is 3.63. The Bertz CT molecular complexity index is 767. The van der Waals surface area contributed by atoms with Crippen LogP contribution in [-0.4, -0.2) is 37.5 Å². The molecule has 0 bridgehead atoms. The van der Waals surface area contributed by atoms with Crippen molar-refractivity contribution >= 4 is 34.8 Å². The number of alkyl halides is 1. The van der Waals surface area contributed by atoms with E-state index in [0.717, 1.165) is 5.75 Å². The fraction of sp³-hybridized carbons (Fsp3) is 0.222. The smallest absolute Gasteiger partial charge is 0.265 e. The minimum Gasteiger partial charge on any atom is -0.492 e. The van der Waals surface area contributed by atoms with Gasteiger partial charge < -0.3 is 19.7 Å². The van der Waals surface area contributed by atoms with Gasteiger partial charge in [-0.25, -0.2) is 0 Å². The molecule has 2 aromatic carbocycles. The van der Waals surface area contributed by atoms with Gasteiger partial charge in [-0.1, -0.05) is 18.2 Å². The third kappa shape index (κ3) is 4.22. The first-order valence-corrected chi connectivity index (χ1v) is 8.31. The number of para-hydroxylation sites is 1. The van der Waals surface area contributed by atoms with Gasteiger partial charge in [0.15, 0.2) is 6.61 Å². The molecule has 0 saturated heterocycles. The average Bonchev–Trinajstić information content (AvgIpc) is 2.64. The molecule has 130 valence electrons. The van der Waals surface area contributed by atoms with Crippen molar-refractivity contribution in [2.75, 3.05) is 35.9 Å². The molecule has 0 spiro atoms. The van der Waals surface area contributed by atoms with Crippen molar-refractivity contribution in [3.63, 3.8) is 0 Å². The zero-order valence-electron chi connectivity index (χ0n) is 13.4. The van der Waals surface area contributed by atoms with Crippen LogP contribution in [0.4, 0.5) is 11.4 Å². The number of ether oxygens (including phenoxy) is 2. The van der Waals surface area contributed by atoms with Crippen LogP contribution in [0.1, 0.15) is 0 Å². The van der Waals surface area contributed by atoms with Gasteiger partial charge in [-0.05, 0) is 30.3 Å². The van der Waals surface area contributed by atoms with Gasteiger partial charge in [-0.15, -0.1) is 11.6 Å².